The van der Waals surface area contributed by atoms with Crippen molar-refractivity contribution in [1.82, 2.24) is 4.90 Å². The van der Waals surface area contributed by atoms with Gasteiger partial charge in [0.1, 0.15) is 0 Å². The predicted molar refractivity (Wildman–Crippen MR) is 63.3 cm³/mol. The minimum Gasteiger partial charge on any atom is -1.00 e. The minimum absolute atomic E-state index is 0. The van der Waals surface area contributed by atoms with E-state index in [4.69, 9.17) is 0 Å². The number of allylic oxidation sites excluding steroid dienone is 1. The molecule has 1 rings (SSSR count). The van der Waals surface area contributed by atoms with E-state index in [2.05, 4.69) is 61.2 Å². The Labute approximate surface area is 107 Å². The van der Waals surface area contributed by atoms with Crippen LogP contribution in [-0.4, -0.2) is 18.0 Å². The van der Waals surface area contributed by atoms with Gasteiger partial charge in [0.25, 0.3) is 0 Å². The zero-order chi connectivity index (χ0) is 10.2. The molecular weight excluding hydrogens is 177 g/mol. The van der Waals surface area contributed by atoms with Crippen LogP contribution in [0.15, 0.2) is 42.5 Å². The van der Waals surface area contributed by atoms with Crippen molar-refractivity contribution < 1.29 is 20.3 Å². The monoisotopic (exact) mass is 197 g/mol. The van der Waals surface area contributed by atoms with Crippen LogP contribution in [0.5, 0.6) is 0 Å². The minimum atomic E-state index is 0. The quantitative estimate of drug-likeness (QED) is 0.481. The summed E-state index contributed by atoms with van der Waals surface area (Å²) in [7, 11) is 0. The first-order chi connectivity index (χ1) is 6.86. The fraction of sp³-hybridized carbons (Fsp3) is 0.385. The standard InChI is InChI=1S/C13H19N.Li.H/c1-3-5-11-14(4-2)12-13-9-7-6-8-10-13;;/h3,5-10H,4,11-12H2,1-2H3;;/q;+1;-1. The van der Waals surface area contributed by atoms with Gasteiger partial charge in [-0.2, -0.15) is 0 Å². The van der Waals surface area contributed by atoms with E-state index in [0.717, 1.165) is 19.6 Å². The number of hydrogen-bond acceptors (Lipinski definition) is 1. The third kappa shape index (κ3) is 5.84. The van der Waals surface area contributed by atoms with Crippen LogP contribution in [0.3, 0.4) is 0 Å². The van der Waals surface area contributed by atoms with Crippen molar-refractivity contribution in [2.24, 2.45) is 0 Å². The third-order valence-corrected chi connectivity index (χ3v) is 2.30. The maximum atomic E-state index is 2.41. The van der Waals surface area contributed by atoms with Crippen LogP contribution < -0.4 is 18.9 Å². The number of likely N-dealkylation sites (N-methyl/N-ethyl adjacent to an activating group) is 1. The van der Waals surface area contributed by atoms with Crippen LogP contribution in [0.2, 0.25) is 0 Å². The normalized spacial score (nSPS) is 10.6. The van der Waals surface area contributed by atoms with Crippen molar-refractivity contribution in [2.75, 3.05) is 13.1 Å². The maximum Gasteiger partial charge on any atom is 1.00 e. The van der Waals surface area contributed by atoms with Gasteiger partial charge >= 0.3 is 18.9 Å². The Bertz CT molecular complexity index is 275. The Morgan fingerprint density at radius 1 is 1.27 bits per heavy atom. The van der Waals surface area contributed by atoms with Crippen LogP contribution in [0.4, 0.5) is 0 Å². The number of benzene rings is 1. The summed E-state index contributed by atoms with van der Waals surface area (Å²) < 4.78 is 0. The fourth-order valence-electron chi connectivity index (χ4n) is 1.40. The van der Waals surface area contributed by atoms with Crippen molar-refractivity contribution in [1.29, 1.82) is 0 Å². The van der Waals surface area contributed by atoms with Gasteiger partial charge in [-0.15, -0.1) is 0 Å². The van der Waals surface area contributed by atoms with Crippen LogP contribution in [0.1, 0.15) is 20.8 Å². The third-order valence-electron chi connectivity index (χ3n) is 2.30. The number of nitrogens with zero attached hydrogens (tertiary/aromatic N) is 1. The number of hydrogen-bond donors (Lipinski definition) is 0. The fourth-order valence-corrected chi connectivity index (χ4v) is 1.40. The van der Waals surface area contributed by atoms with Gasteiger partial charge in [-0.25, -0.2) is 0 Å². The SMILES string of the molecule is CC=CCN(CC)Cc1ccccc1.[H-].[Li+]. The summed E-state index contributed by atoms with van der Waals surface area (Å²) in [5.74, 6) is 0. The van der Waals surface area contributed by atoms with Crippen LogP contribution in [0.25, 0.3) is 0 Å². The Morgan fingerprint density at radius 2 is 1.93 bits per heavy atom. The maximum absolute atomic E-state index is 2.41. The molecule has 1 aromatic rings. The molecule has 0 spiro atoms. The van der Waals surface area contributed by atoms with Gasteiger partial charge in [0, 0.05) is 13.1 Å². The van der Waals surface area contributed by atoms with E-state index in [0.29, 0.717) is 0 Å². The van der Waals surface area contributed by atoms with E-state index < -0.39 is 0 Å². The van der Waals surface area contributed by atoms with Crippen LogP contribution in [-0.2, 0) is 6.54 Å². The van der Waals surface area contributed by atoms with Crippen molar-refractivity contribution >= 4 is 0 Å². The molecule has 0 aliphatic carbocycles. The molecule has 1 nitrogen and oxygen atoms in total. The number of rotatable bonds is 5. The van der Waals surface area contributed by atoms with E-state index in [1.165, 1.54) is 5.56 Å². The van der Waals surface area contributed by atoms with E-state index in [-0.39, 0.29) is 20.3 Å². The van der Waals surface area contributed by atoms with E-state index >= 15 is 0 Å². The molecule has 0 atom stereocenters. The summed E-state index contributed by atoms with van der Waals surface area (Å²) in [6.45, 7) is 7.45. The molecule has 0 bridgehead atoms. The zero-order valence-electron chi connectivity index (χ0n) is 11.1. The molecular formula is C13H20LiN. The summed E-state index contributed by atoms with van der Waals surface area (Å²) in [6, 6.07) is 10.6. The largest absolute Gasteiger partial charge is 1.00 e. The molecule has 1 aromatic carbocycles. The molecule has 0 saturated heterocycles. The Kier molecular flexibility index (Phi) is 8.51. The second-order valence-electron chi connectivity index (χ2n) is 3.38. The summed E-state index contributed by atoms with van der Waals surface area (Å²) in [6.07, 6.45) is 4.31. The first kappa shape index (κ1) is 14.5. The molecule has 78 valence electrons. The molecule has 0 heterocycles. The Balaban J connectivity index is 0. The zero-order valence-corrected chi connectivity index (χ0v) is 10.1. The molecule has 0 radical (unpaired) electrons. The second-order valence-corrected chi connectivity index (χ2v) is 3.38. The topological polar surface area (TPSA) is 3.24 Å². The Hall–Kier alpha value is -0.483. The molecule has 0 aromatic heterocycles. The second kappa shape index (κ2) is 8.80. The van der Waals surface area contributed by atoms with Gasteiger partial charge in [0.15, 0.2) is 0 Å². The molecule has 0 amide bonds. The molecule has 0 unspecified atom stereocenters. The van der Waals surface area contributed by atoms with Gasteiger partial charge in [-0.3, -0.25) is 4.90 Å². The summed E-state index contributed by atoms with van der Waals surface area (Å²) in [4.78, 5) is 2.41. The van der Waals surface area contributed by atoms with Gasteiger partial charge in [0.05, 0.1) is 0 Å². The Morgan fingerprint density at radius 3 is 2.47 bits per heavy atom. The van der Waals surface area contributed by atoms with Gasteiger partial charge < -0.3 is 1.43 Å². The average molecular weight is 197 g/mol. The molecule has 2 heteroatoms. The molecule has 0 saturated carbocycles. The van der Waals surface area contributed by atoms with Crippen LogP contribution in [0, 0.1) is 0 Å². The molecule has 0 aliphatic rings. The van der Waals surface area contributed by atoms with Crippen molar-refractivity contribution in [3.8, 4) is 0 Å². The van der Waals surface area contributed by atoms with Crippen LogP contribution >= 0.6 is 0 Å². The smallest absolute Gasteiger partial charge is 1.00 e. The van der Waals surface area contributed by atoms with Crippen molar-refractivity contribution in [3.63, 3.8) is 0 Å². The van der Waals surface area contributed by atoms with Gasteiger partial charge in [-0.1, -0.05) is 49.4 Å². The molecule has 15 heavy (non-hydrogen) atoms. The van der Waals surface area contributed by atoms with E-state index in [9.17, 15) is 0 Å². The predicted octanol–water partition coefficient (Wildman–Crippen LogP) is 0.201. The first-order valence-electron chi connectivity index (χ1n) is 5.24. The summed E-state index contributed by atoms with van der Waals surface area (Å²) in [5.41, 5.74) is 1.39. The van der Waals surface area contributed by atoms with E-state index in [1.807, 2.05) is 0 Å². The first-order valence-corrected chi connectivity index (χ1v) is 5.24. The summed E-state index contributed by atoms with van der Waals surface area (Å²) >= 11 is 0. The molecule has 0 aliphatic heterocycles. The van der Waals surface area contributed by atoms with Crippen molar-refractivity contribution in [3.05, 3.63) is 48.0 Å². The molecule has 0 fully saturated rings. The van der Waals surface area contributed by atoms with E-state index in [1.54, 1.807) is 0 Å². The van der Waals surface area contributed by atoms with Gasteiger partial charge in [0.2, 0.25) is 0 Å². The summed E-state index contributed by atoms with van der Waals surface area (Å²) in [5, 5.41) is 0. The van der Waals surface area contributed by atoms with Crippen molar-refractivity contribution in [2.45, 2.75) is 20.4 Å². The average Bonchev–Trinajstić information content (AvgIpc) is 2.25. The van der Waals surface area contributed by atoms with Gasteiger partial charge in [-0.05, 0) is 19.0 Å². The molecule has 0 N–H and O–H groups in total.